The van der Waals surface area contributed by atoms with Gasteiger partial charge in [0.05, 0.1) is 13.7 Å². The molecule has 7 nitrogen and oxygen atoms in total. The average Bonchev–Trinajstić information content (AvgIpc) is 2.71. The zero-order chi connectivity index (χ0) is 20.3. The molecule has 3 atom stereocenters. The van der Waals surface area contributed by atoms with Crippen LogP contribution in [-0.2, 0) is 25.7 Å². The maximum absolute atomic E-state index is 13.2. The first-order valence-electron chi connectivity index (χ1n) is 9.73. The number of carbonyl (C=O) groups is 3. The van der Waals surface area contributed by atoms with Crippen LogP contribution in [-0.4, -0.2) is 67.0 Å². The van der Waals surface area contributed by atoms with Crippen LogP contribution in [0.2, 0.25) is 0 Å². The SMILES string of the molecule is COCc1ccc(C(=O)N2C3CCCC2CN(C(=O)C(C)C(=O)OC)C3)cc1. The first kappa shape index (κ1) is 20.3. The Morgan fingerprint density at radius 2 is 1.68 bits per heavy atom. The summed E-state index contributed by atoms with van der Waals surface area (Å²) in [5, 5.41) is 0. The highest BCUT2D eigenvalue weighted by atomic mass is 16.5. The monoisotopic (exact) mass is 388 g/mol. The lowest BCUT2D eigenvalue weighted by atomic mass is 9.89. The second-order valence-electron chi connectivity index (χ2n) is 7.57. The van der Waals surface area contributed by atoms with Gasteiger partial charge in [0.25, 0.3) is 5.91 Å². The molecule has 0 aromatic heterocycles. The maximum Gasteiger partial charge on any atom is 0.317 e. The Balaban J connectivity index is 1.73. The van der Waals surface area contributed by atoms with Gasteiger partial charge in [-0.2, -0.15) is 0 Å². The third-order valence-electron chi connectivity index (χ3n) is 5.71. The minimum Gasteiger partial charge on any atom is -0.468 e. The molecule has 1 aromatic carbocycles. The number of piperidine rings is 1. The lowest BCUT2D eigenvalue weighted by molar-refractivity contribution is -0.155. The van der Waals surface area contributed by atoms with Crippen molar-refractivity contribution in [3.05, 3.63) is 35.4 Å². The molecule has 0 spiro atoms. The molecule has 3 rings (SSSR count). The van der Waals surface area contributed by atoms with E-state index in [2.05, 4.69) is 0 Å². The number of piperazine rings is 1. The van der Waals surface area contributed by atoms with Crippen LogP contribution >= 0.6 is 0 Å². The number of rotatable bonds is 5. The Morgan fingerprint density at radius 1 is 1.07 bits per heavy atom. The van der Waals surface area contributed by atoms with Gasteiger partial charge in [-0.3, -0.25) is 14.4 Å². The molecule has 1 aromatic rings. The van der Waals surface area contributed by atoms with Gasteiger partial charge in [0, 0.05) is 37.8 Å². The van der Waals surface area contributed by atoms with Crippen LogP contribution in [0.3, 0.4) is 0 Å². The summed E-state index contributed by atoms with van der Waals surface area (Å²) in [6, 6.07) is 7.45. The lowest BCUT2D eigenvalue weighted by Crippen LogP contribution is -2.64. The van der Waals surface area contributed by atoms with Crippen LogP contribution in [0.15, 0.2) is 24.3 Å². The molecular weight excluding hydrogens is 360 g/mol. The van der Waals surface area contributed by atoms with Gasteiger partial charge >= 0.3 is 5.97 Å². The van der Waals surface area contributed by atoms with E-state index in [1.807, 2.05) is 29.2 Å². The van der Waals surface area contributed by atoms with Crippen LogP contribution in [0.25, 0.3) is 0 Å². The van der Waals surface area contributed by atoms with Gasteiger partial charge in [-0.25, -0.2) is 0 Å². The summed E-state index contributed by atoms with van der Waals surface area (Å²) in [7, 11) is 2.93. The molecular formula is C21H28N2O5. The lowest BCUT2D eigenvalue weighted by Gasteiger charge is -2.50. The Labute approximate surface area is 165 Å². The van der Waals surface area contributed by atoms with Crippen LogP contribution < -0.4 is 0 Å². The Bertz CT molecular complexity index is 719. The summed E-state index contributed by atoms with van der Waals surface area (Å²) in [6.45, 7) is 3.01. The molecule has 2 saturated heterocycles. The predicted octanol–water partition coefficient (Wildman–Crippen LogP) is 1.85. The Morgan fingerprint density at radius 3 is 2.21 bits per heavy atom. The number of fused-ring (bicyclic) bond motifs is 2. The van der Waals surface area contributed by atoms with Gasteiger partial charge < -0.3 is 19.3 Å². The highest BCUT2D eigenvalue weighted by Gasteiger charge is 2.43. The number of likely N-dealkylation sites (tertiary alicyclic amines) is 1. The van der Waals surface area contributed by atoms with Crippen molar-refractivity contribution in [2.24, 2.45) is 5.92 Å². The van der Waals surface area contributed by atoms with Crippen molar-refractivity contribution in [3.63, 3.8) is 0 Å². The number of hydrogen-bond acceptors (Lipinski definition) is 5. The van der Waals surface area contributed by atoms with Gasteiger partial charge in [0.2, 0.25) is 5.91 Å². The quantitative estimate of drug-likeness (QED) is 0.568. The summed E-state index contributed by atoms with van der Waals surface area (Å²) in [4.78, 5) is 41.2. The summed E-state index contributed by atoms with van der Waals surface area (Å²) >= 11 is 0. The molecule has 7 heteroatoms. The molecule has 2 aliphatic heterocycles. The maximum atomic E-state index is 13.2. The van der Waals surface area contributed by atoms with Crippen molar-refractivity contribution >= 4 is 17.8 Å². The molecule has 0 saturated carbocycles. The second-order valence-corrected chi connectivity index (χ2v) is 7.57. The van der Waals surface area contributed by atoms with E-state index in [1.54, 1.807) is 18.9 Å². The normalized spacial score (nSPS) is 22.5. The van der Waals surface area contributed by atoms with Gasteiger partial charge in [-0.05, 0) is 43.9 Å². The van der Waals surface area contributed by atoms with Gasteiger partial charge in [-0.15, -0.1) is 0 Å². The number of esters is 1. The zero-order valence-corrected chi connectivity index (χ0v) is 16.7. The topological polar surface area (TPSA) is 76.2 Å². The smallest absolute Gasteiger partial charge is 0.317 e. The van der Waals surface area contributed by atoms with Gasteiger partial charge in [0.1, 0.15) is 5.92 Å². The molecule has 3 unspecified atom stereocenters. The van der Waals surface area contributed by atoms with Crippen LogP contribution in [0.5, 0.6) is 0 Å². The fraction of sp³-hybridized carbons (Fsp3) is 0.571. The van der Waals surface area contributed by atoms with Gasteiger partial charge in [-0.1, -0.05) is 12.1 Å². The molecule has 2 heterocycles. The van der Waals surface area contributed by atoms with Crippen molar-refractivity contribution in [1.29, 1.82) is 0 Å². The minimum absolute atomic E-state index is 0.00628. The van der Waals surface area contributed by atoms with E-state index in [-0.39, 0.29) is 23.9 Å². The molecule has 2 fully saturated rings. The Kier molecular flexibility index (Phi) is 6.34. The largest absolute Gasteiger partial charge is 0.468 e. The van der Waals surface area contributed by atoms with Crippen LogP contribution in [0, 0.1) is 5.92 Å². The van der Waals surface area contributed by atoms with E-state index < -0.39 is 11.9 Å². The van der Waals surface area contributed by atoms with E-state index in [4.69, 9.17) is 9.47 Å². The average molecular weight is 388 g/mol. The molecule has 2 aliphatic rings. The van der Waals surface area contributed by atoms with E-state index in [1.165, 1.54) is 7.11 Å². The molecule has 2 bridgehead atoms. The van der Waals surface area contributed by atoms with Crippen molar-refractivity contribution in [1.82, 2.24) is 9.80 Å². The van der Waals surface area contributed by atoms with E-state index in [0.29, 0.717) is 25.3 Å². The number of benzene rings is 1. The molecule has 0 N–H and O–H groups in total. The highest BCUT2D eigenvalue weighted by Crippen LogP contribution is 2.31. The van der Waals surface area contributed by atoms with Gasteiger partial charge in [0.15, 0.2) is 0 Å². The van der Waals surface area contributed by atoms with Crippen LogP contribution in [0.4, 0.5) is 0 Å². The van der Waals surface area contributed by atoms with Crippen molar-refractivity contribution in [3.8, 4) is 0 Å². The molecule has 0 aliphatic carbocycles. The van der Waals surface area contributed by atoms with E-state index >= 15 is 0 Å². The summed E-state index contributed by atoms with van der Waals surface area (Å²) < 4.78 is 9.82. The zero-order valence-electron chi connectivity index (χ0n) is 16.7. The highest BCUT2D eigenvalue weighted by molar-refractivity contribution is 5.98. The Hall–Kier alpha value is -2.41. The first-order valence-corrected chi connectivity index (χ1v) is 9.73. The number of carbonyl (C=O) groups excluding carboxylic acids is 3. The predicted molar refractivity (Wildman–Crippen MR) is 103 cm³/mol. The minimum atomic E-state index is -0.818. The summed E-state index contributed by atoms with van der Waals surface area (Å²) in [5.41, 5.74) is 1.67. The number of hydrogen-bond donors (Lipinski definition) is 0. The number of ether oxygens (including phenoxy) is 2. The fourth-order valence-corrected chi connectivity index (χ4v) is 4.23. The fourth-order valence-electron chi connectivity index (χ4n) is 4.23. The number of nitrogens with zero attached hydrogens (tertiary/aromatic N) is 2. The second kappa shape index (κ2) is 8.73. The summed E-state index contributed by atoms with van der Waals surface area (Å²) in [6.07, 6.45) is 2.77. The van der Waals surface area contributed by atoms with E-state index in [0.717, 1.165) is 24.8 Å². The van der Waals surface area contributed by atoms with Crippen molar-refractivity contribution < 1.29 is 23.9 Å². The molecule has 0 radical (unpaired) electrons. The first-order chi connectivity index (χ1) is 13.5. The van der Waals surface area contributed by atoms with Crippen molar-refractivity contribution in [2.75, 3.05) is 27.3 Å². The third-order valence-corrected chi connectivity index (χ3v) is 5.71. The number of amides is 2. The molecule has 28 heavy (non-hydrogen) atoms. The number of methoxy groups -OCH3 is 2. The molecule has 152 valence electrons. The molecule has 2 amide bonds. The van der Waals surface area contributed by atoms with Crippen molar-refractivity contribution in [2.45, 2.75) is 44.9 Å². The standard InChI is InChI=1S/C21H28N2O5/c1-14(21(26)28-3)19(24)22-11-17-5-4-6-18(12-22)23(17)20(25)16-9-7-15(8-10-16)13-27-2/h7-10,14,17-18H,4-6,11-13H2,1-3H3. The van der Waals surface area contributed by atoms with E-state index in [9.17, 15) is 14.4 Å². The third kappa shape index (κ3) is 4.04. The van der Waals surface area contributed by atoms with Crippen LogP contribution in [0.1, 0.15) is 42.1 Å². The summed E-state index contributed by atoms with van der Waals surface area (Å²) in [5.74, 6) is -1.56.